The Labute approximate surface area is 327 Å². The van der Waals surface area contributed by atoms with Crippen molar-refractivity contribution in [1.29, 1.82) is 0 Å². The van der Waals surface area contributed by atoms with Crippen LogP contribution in [-0.4, -0.2) is 27.6 Å². The molecule has 8 aromatic carbocycles. The van der Waals surface area contributed by atoms with Gasteiger partial charge >= 0.3 is 0 Å². The predicted molar refractivity (Wildman–Crippen MR) is 234 cm³/mol. The molecule has 0 aliphatic carbocycles. The molecule has 0 saturated heterocycles. The molecule has 0 unspecified atom stereocenters. The first-order chi connectivity index (χ1) is 27.8. The Balaban J connectivity index is 1.24. The fourth-order valence-electron chi connectivity index (χ4n) is 8.34. The summed E-state index contributed by atoms with van der Waals surface area (Å²) in [7, 11) is -2.99. The van der Waals surface area contributed by atoms with Crippen molar-refractivity contribution in [2.45, 2.75) is 0 Å². The zero-order valence-electron chi connectivity index (χ0n) is 30.6. The van der Waals surface area contributed by atoms with Crippen molar-refractivity contribution in [3.63, 3.8) is 0 Å². The fourth-order valence-corrected chi connectivity index (χ4v) is 13.3. The molecule has 0 atom stereocenters. The zero-order valence-corrected chi connectivity index (χ0v) is 31.6. The van der Waals surface area contributed by atoms with Crippen LogP contribution in [0.15, 0.2) is 218 Å². The summed E-state index contributed by atoms with van der Waals surface area (Å²) < 4.78 is 2.42. The molecule has 0 aliphatic heterocycles. The van der Waals surface area contributed by atoms with Crippen molar-refractivity contribution < 1.29 is 0 Å². The second kappa shape index (κ2) is 14.2. The van der Waals surface area contributed by atoms with E-state index in [4.69, 9.17) is 15.0 Å². The first-order valence-electron chi connectivity index (χ1n) is 19.0. The molecule has 264 valence electrons. The number of benzene rings is 8. The van der Waals surface area contributed by atoms with Crippen LogP contribution in [0.25, 0.3) is 61.7 Å². The monoisotopic (exact) mass is 732 g/mol. The third kappa shape index (κ3) is 5.65. The van der Waals surface area contributed by atoms with Gasteiger partial charge in [0, 0.05) is 33.2 Å². The lowest BCUT2D eigenvalue weighted by Gasteiger charge is -2.35. The molecule has 0 aliphatic rings. The summed E-state index contributed by atoms with van der Waals surface area (Å²) in [5, 5.41) is 7.80. The van der Waals surface area contributed by atoms with Crippen LogP contribution >= 0.6 is 0 Å². The maximum Gasteiger partial charge on any atom is 0.180 e. The largest absolute Gasteiger partial charge is 0.309 e. The second-order valence-corrected chi connectivity index (χ2v) is 17.8. The molecule has 10 rings (SSSR count). The molecule has 0 saturated carbocycles. The summed E-state index contributed by atoms with van der Waals surface area (Å²) in [6.07, 6.45) is 0. The topological polar surface area (TPSA) is 43.6 Å². The Morgan fingerprint density at radius 3 is 1.27 bits per heavy atom. The predicted octanol–water partition coefficient (Wildman–Crippen LogP) is 9.35. The minimum atomic E-state index is -2.99. The van der Waals surface area contributed by atoms with Crippen molar-refractivity contribution in [2.75, 3.05) is 0 Å². The van der Waals surface area contributed by atoms with E-state index >= 15 is 0 Å². The van der Waals surface area contributed by atoms with Crippen LogP contribution in [0, 0.1) is 0 Å². The van der Waals surface area contributed by atoms with E-state index in [0.717, 1.165) is 22.4 Å². The Morgan fingerprint density at radius 1 is 0.321 bits per heavy atom. The molecule has 0 fully saturated rings. The van der Waals surface area contributed by atoms with Crippen molar-refractivity contribution in [3.8, 4) is 39.9 Å². The van der Waals surface area contributed by atoms with Gasteiger partial charge in [-0.05, 0) is 45.0 Å². The molecule has 0 bridgehead atoms. The number of rotatable bonds is 8. The molecular weight excluding hydrogens is 697 g/mol. The highest BCUT2D eigenvalue weighted by molar-refractivity contribution is 7.20. The third-order valence-corrected chi connectivity index (χ3v) is 15.6. The molecule has 0 amide bonds. The average molecular weight is 733 g/mol. The lowest BCUT2D eigenvalue weighted by atomic mass is 10.1. The number of hydrogen-bond donors (Lipinski definition) is 0. The van der Waals surface area contributed by atoms with Gasteiger partial charge in [-0.15, -0.1) is 0 Å². The summed E-state index contributed by atoms with van der Waals surface area (Å²) in [4.78, 5) is 15.1. The number of hydrogen-bond acceptors (Lipinski definition) is 3. The molecule has 5 heteroatoms. The van der Waals surface area contributed by atoms with Gasteiger partial charge in [0.2, 0.25) is 0 Å². The van der Waals surface area contributed by atoms with Gasteiger partial charge in [0.1, 0.15) is 0 Å². The van der Waals surface area contributed by atoms with E-state index in [9.17, 15) is 0 Å². The first-order valence-corrected chi connectivity index (χ1v) is 21.0. The van der Waals surface area contributed by atoms with Crippen LogP contribution in [0.2, 0.25) is 0 Å². The van der Waals surface area contributed by atoms with Gasteiger partial charge in [0.25, 0.3) is 0 Å². The minimum absolute atomic E-state index is 0.643. The SMILES string of the molecule is c1ccc(-c2nc(-c3ccccc3)nc(-c3ccc([Si](c4ccccc4)(c4ccccc4)c4cccc5c4c4ccccc4n5-c4ccccc4)cc3)n2)cc1. The first kappa shape index (κ1) is 33.4. The van der Waals surface area contributed by atoms with Crippen molar-refractivity contribution >= 4 is 50.6 Å². The van der Waals surface area contributed by atoms with Gasteiger partial charge in [0.05, 0.1) is 11.0 Å². The minimum Gasteiger partial charge on any atom is -0.309 e. The second-order valence-electron chi connectivity index (χ2n) is 14.0. The van der Waals surface area contributed by atoms with Gasteiger partial charge in [-0.2, -0.15) is 0 Å². The lowest BCUT2D eigenvalue weighted by molar-refractivity contribution is 1.07. The summed E-state index contributed by atoms with van der Waals surface area (Å²) >= 11 is 0. The van der Waals surface area contributed by atoms with Gasteiger partial charge in [-0.3, -0.25) is 0 Å². The summed E-state index contributed by atoms with van der Waals surface area (Å²) in [5.74, 6) is 1.94. The van der Waals surface area contributed by atoms with E-state index in [-0.39, 0.29) is 0 Å². The average Bonchev–Trinajstić information content (AvgIpc) is 3.63. The Hall–Kier alpha value is -7.21. The maximum atomic E-state index is 5.06. The fraction of sp³-hybridized carbons (Fsp3) is 0. The summed E-state index contributed by atoms with van der Waals surface area (Å²) in [6.45, 7) is 0. The van der Waals surface area contributed by atoms with Crippen LogP contribution in [-0.2, 0) is 0 Å². The Kier molecular flexibility index (Phi) is 8.47. The number of aromatic nitrogens is 4. The van der Waals surface area contributed by atoms with E-state index in [2.05, 4.69) is 162 Å². The smallest absolute Gasteiger partial charge is 0.180 e. The van der Waals surface area contributed by atoms with E-state index in [1.165, 1.54) is 42.6 Å². The summed E-state index contributed by atoms with van der Waals surface area (Å²) in [6, 6.07) is 78.1. The highest BCUT2D eigenvalue weighted by Crippen LogP contribution is 2.33. The van der Waals surface area contributed by atoms with Gasteiger partial charge < -0.3 is 4.57 Å². The van der Waals surface area contributed by atoms with Crippen LogP contribution < -0.4 is 20.7 Å². The lowest BCUT2D eigenvalue weighted by Crippen LogP contribution is -2.74. The van der Waals surface area contributed by atoms with Crippen molar-refractivity contribution in [1.82, 2.24) is 19.5 Å². The Morgan fingerprint density at radius 2 is 0.732 bits per heavy atom. The molecule has 0 N–H and O–H groups in total. The molecular formula is C51H36N4Si. The molecule has 56 heavy (non-hydrogen) atoms. The van der Waals surface area contributed by atoms with Crippen molar-refractivity contribution in [2.24, 2.45) is 0 Å². The third-order valence-electron chi connectivity index (χ3n) is 10.8. The molecule has 2 aromatic heterocycles. The summed E-state index contributed by atoms with van der Waals surface area (Å²) in [5.41, 5.74) is 6.38. The van der Waals surface area contributed by atoms with Gasteiger partial charge in [-0.1, -0.05) is 194 Å². The zero-order chi connectivity index (χ0) is 37.3. The van der Waals surface area contributed by atoms with E-state index in [0.29, 0.717) is 17.5 Å². The molecule has 2 heterocycles. The standard InChI is InChI=1S/C51H36N4Si/c1-6-19-37(20-7-1)49-52-50(38-21-8-2-9-22-38)54-51(53-49)39-33-35-43(36-34-39)56(41-25-12-4-13-26-41,42-27-14-5-15-28-42)47-32-18-31-46-48(47)44-29-16-17-30-45(44)55(46)40-23-10-3-11-24-40/h1-36H. The molecule has 10 aromatic rings. The Bertz CT molecular complexity index is 2830. The van der Waals surface area contributed by atoms with E-state index in [1.807, 2.05) is 60.7 Å². The highest BCUT2D eigenvalue weighted by Gasteiger charge is 2.43. The normalized spacial score (nSPS) is 11.6. The number of fused-ring (bicyclic) bond motifs is 3. The van der Waals surface area contributed by atoms with Crippen LogP contribution in [0.5, 0.6) is 0 Å². The molecule has 0 radical (unpaired) electrons. The van der Waals surface area contributed by atoms with Gasteiger partial charge in [0.15, 0.2) is 25.5 Å². The quantitative estimate of drug-likeness (QED) is 0.116. The highest BCUT2D eigenvalue weighted by atomic mass is 28.3. The van der Waals surface area contributed by atoms with Crippen LogP contribution in [0.3, 0.4) is 0 Å². The van der Waals surface area contributed by atoms with Crippen molar-refractivity contribution in [3.05, 3.63) is 218 Å². The molecule has 4 nitrogen and oxygen atoms in total. The molecule has 0 spiro atoms. The van der Waals surface area contributed by atoms with Crippen LogP contribution in [0.4, 0.5) is 0 Å². The maximum absolute atomic E-state index is 5.06. The van der Waals surface area contributed by atoms with E-state index in [1.54, 1.807) is 0 Å². The van der Waals surface area contributed by atoms with E-state index < -0.39 is 8.07 Å². The van der Waals surface area contributed by atoms with Gasteiger partial charge in [-0.25, -0.2) is 15.0 Å². The van der Waals surface area contributed by atoms with Crippen LogP contribution in [0.1, 0.15) is 0 Å². The number of para-hydroxylation sites is 2. The number of nitrogens with zero attached hydrogens (tertiary/aromatic N) is 4.